The van der Waals surface area contributed by atoms with Crippen molar-refractivity contribution < 1.29 is 28.0 Å². The smallest absolute Gasteiger partial charge is 0.318 e. The summed E-state index contributed by atoms with van der Waals surface area (Å²) in [5, 5.41) is -0.00651. The van der Waals surface area contributed by atoms with Gasteiger partial charge in [-0.1, -0.05) is 47.5 Å². The molecule has 5 heterocycles. The molecule has 0 unspecified atom stereocenters. The topological polar surface area (TPSA) is 121 Å². The number of pyridine rings is 3. The Balaban J connectivity index is 1.16. The van der Waals surface area contributed by atoms with E-state index in [1.807, 2.05) is 0 Å². The number of hydrogen-bond donors (Lipinski definition) is 0. The molecule has 2 aromatic carbocycles. The number of carbonyl (C=O) groups excluding carboxylic acids is 4. The van der Waals surface area contributed by atoms with Gasteiger partial charge in [-0.05, 0) is 59.7 Å². The van der Waals surface area contributed by atoms with Gasteiger partial charge in [0.25, 0.3) is 11.6 Å². The van der Waals surface area contributed by atoms with Crippen LogP contribution in [-0.2, 0) is 17.9 Å². The minimum Gasteiger partial charge on any atom is -0.327 e. The van der Waals surface area contributed by atoms with Gasteiger partial charge in [-0.25, -0.2) is 23.7 Å². The van der Waals surface area contributed by atoms with E-state index in [0.717, 1.165) is 28.1 Å². The Morgan fingerprint density at radius 1 is 0.627 bits per heavy atom. The highest BCUT2D eigenvalue weighted by Crippen LogP contribution is 2.24. The fourth-order valence-corrected chi connectivity index (χ4v) is 6.21. The van der Waals surface area contributed by atoms with Gasteiger partial charge in [0.15, 0.2) is 0 Å². The van der Waals surface area contributed by atoms with Crippen LogP contribution in [0.3, 0.4) is 0 Å². The Kier molecular flexibility index (Phi) is 8.94. The van der Waals surface area contributed by atoms with Gasteiger partial charge in [0.1, 0.15) is 28.3 Å². The zero-order valence-corrected chi connectivity index (χ0v) is 27.6. The zero-order valence-electron chi connectivity index (χ0n) is 26.1. The van der Waals surface area contributed by atoms with Crippen molar-refractivity contribution in [2.24, 2.45) is 4.99 Å². The van der Waals surface area contributed by atoms with Crippen molar-refractivity contribution in [1.29, 1.82) is 0 Å². The highest BCUT2D eigenvalue weighted by atomic mass is 35.5. The Morgan fingerprint density at radius 3 is 1.55 bits per heavy atom. The van der Waals surface area contributed by atoms with Crippen LogP contribution >= 0.6 is 23.2 Å². The molecule has 1 amide bonds. The molecule has 14 heteroatoms. The molecule has 0 saturated heterocycles. The fraction of sp³-hybridized carbons (Fsp3) is 0.0541. The van der Waals surface area contributed by atoms with Crippen LogP contribution in [-0.4, -0.2) is 47.1 Å². The van der Waals surface area contributed by atoms with E-state index in [0.29, 0.717) is 22.1 Å². The molecule has 51 heavy (non-hydrogen) atoms. The molecule has 0 bridgehead atoms. The van der Waals surface area contributed by atoms with Crippen LogP contribution in [0.5, 0.6) is 0 Å². The first-order valence-electron chi connectivity index (χ1n) is 15.2. The Labute approximate surface area is 296 Å². The molecule has 252 valence electrons. The summed E-state index contributed by atoms with van der Waals surface area (Å²) in [7, 11) is 0. The average Bonchev–Trinajstić information content (AvgIpc) is 3.69. The highest BCUT2D eigenvalue weighted by molar-refractivity contribution is 6.46. The molecule has 0 aliphatic heterocycles. The van der Waals surface area contributed by atoms with Crippen molar-refractivity contribution in [2.45, 2.75) is 13.1 Å². The quantitative estimate of drug-likeness (QED) is 0.127. The second kappa shape index (κ2) is 13.7. The van der Waals surface area contributed by atoms with E-state index < -0.39 is 29.2 Å². The Hall–Kier alpha value is -6.11. The number of rotatable bonds is 8. The van der Waals surface area contributed by atoms with Crippen molar-refractivity contribution >= 4 is 68.6 Å². The standard InChI is InChI=1S/C37H22Cl2F2N6O4/c38-29-19-47(37(51)33(49)28-18-46(35-26(28)4-2-14-43-35)16-22-7-11-24(41)12-8-22)20-30(39)31(29)44-36(50)32(48)27-17-45(34-25(27)3-1-13-42-34)15-21-5-9-23(40)10-6-21/h1-14,17-20H,15-16H2. The van der Waals surface area contributed by atoms with Crippen LogP contribution in [0.2, 0.25) is 10.0 Å². The molecule has 0 aliphatic carbocycles. The third-order valence-corrected chi connectivity index (χ3v) is 8.64. The number of nitrogens with zero attached hydrogens (tertiary/aromatic N) is 6. The number of halogens is 4. The molecule has 7 aromatic rings. The summed E-state index contributed by atoms with van der Waals surface area (Å²) in [6, 6.07) is 18.2. The van der Waals surface area contributed by atoms with Gasteiger partial charge >= 0.3 is 11.8 Å². The van der Waals surface area contributed by atoms with Gasteiger partial charge in [-0.2, -0.15) is 0 Å². The first-order chi connectivity index (χ1) is 24.6. The van der Waals surface area contributed by atoms with Crippen LogP contribution in [0.1, 0.15) is 36.6 Å². The van der Waals surface area contributed by atoms with Crippen LogP contribution < -0.4 is 5.36 Å². The summed E-state index contributed by atoms with van der Waals surface area (Å²) in [5.74, 6) is -4.85. The molecule has 10 nitrogen and oxygen atoms in total. The number of aromatic nitrogens is 5. The summed E-state index contributed by atoms with van der Waals surface area (Å²) in [4.78, 5) is 66.2. The Morgan fingerprint density at radius 2 is 1.08 bits per heavy atom. The van der Waals surface area contributed by atoms with Gasteiger partial charge in [0.05, 0.1) is 21.2 Å². The lowest BCUT2D eigenvalue weighted by molar-refractivity contribution is -0.114. The van der Waals surface area contributed by atoms with Crippen molar-refractivity contribution in [3.05, 3.63) is 159 Å². The third kappa shape index (κ3) is 6.62. The first-order valence-corrected chi connectivity index (χ1v) is 16.0. The lowest BCUT2D eigenvalue weighted by Crippen LogP contribution is -2.24. The second-order valence-corrected chi connectivity index (χ2v) is 12.2. The molecule has 0 atom stereocenters. The minimum atomic E-state index is -1.19. The van der Waals surface area contributed by atoms with E-state index in [4.69, 9.17) is 23.2 Å². The second-order valence-electron chi connectivity index (χ2n) is 11.4. The number of ketones is 2. The van der Waals surface area contributed by atoms with E-state index in [-0.39, 0.29) is 45.4 Å². The maximum absolute atomic E-state index is 13.5. The van der Waals surface area contributed by atoms with Crippen LogP contribution in [0.25, 0.3) is 22.1 Å². The number of Topliss-reactive ketones (excluding diaryl/α,β-unsaturated/α-hetero) is 2. The van der Waals surface area contributed by atoms with Crippen LogP contribution in [0, 0.1) is 11.6 Å². The van der Waals surface area contributed by atoms with Gasteiger partial charge < -0.3 is 9.13 Å². The summed E-state index contributed by atoms with van der Waals surface area (Å²) in [5.41, 5.74) is 2.44. The molecule has 0 radical (unpaired) electrons. The molecule has 0 spiro atoms. The summed E-state index contributed by atoms with van der Waals surface area (Å²) in [6.07, 6.45) is 8.18. The van der Waals surface area contributed by atoms with Crippen molar-refractivity contribution in [3.63, 3.8) is 0 Å². The molecule has 0 fully saturated rings. The largest absolute Gasteiger partial charge is 0.327 e. The number of benzene rings is 2. The fourth-order valence-electron chi connectivity index (χ4n) is 5.66. The lowest BCUT2D eigenvalue weighted by atomic mass is 10.1. The van der Waals surface area contributed by atoms with Gasteiger partial charge in [0.2, 0.25) is 0 Å². The van der Waals surface area contributed by atoms with Crippen LogP contribution in [0.4, 0.5) is 8.78 Å². The van der Waals surface area contributed by atoms with E-state index in [9.17, 15) is 28.0 Å². The van der Waals surface area contributed by atoms with Crippen molar-refractivity contribution in [3.8, 4) is 0 Å². The van der Waals surface area contributed by atoms with Crippen molar-refractivity contribution in [1.82, 2.24) is 23.7 Å². The highest BCUT2D eigenvalue weighted by Gasteiger charge is 2.26. The average molecular weight is 724 g/mol. The maximum atomic E-state index is 13.5. The summed E-state index contributed by atoms with van der Waals surface area (Å²) < 4.78 is 31.1. The first kappa shape index (κ1) is 33.4. The van der Waals surface area contributed by atoms with E-state index in [1.165, 1.54) is 42.9 Å². The number of amides is 1. The molecule has 0 N–H and O–H groups in total. The SMILES string of the molecule is O=C(N=c1c(Cl)cn(C(=O)C(=O)c2cn(Cc3ccc(F)cc3)c3ncccc23)cc1Cl)C(=O)c1cn(Cc2ccc(F)cc2)c2ncccc12. The summed E-state index contributed by atoms with van der Waals surface area (Å²) in [6.45, 7) is 0.509. The van der Waals surface area contributed by atoms with Crippen LogP contribution in [0.15, 0.2) is 115 Å². The predicted octanol–water partition coefficient (Wildman–Crippen LogP) is 6.70. The number of hydrogen-bond acceptors (Lipinski definition) is 6. The molecular weight excluding hydrogens is 701 g/mol. The lowest BCUT2D eigenvalue weighted by Gasteiger charge is -2.07. The summed E-state index contributed by atoms with van der Waals surface area (Å²) >= 11 is 12.8. The van der Waals surface area contributed by atoms with Gasteiger partial charge in [-0.3, -0.25) is 23.7 Å². The van der Waals surface area contributed by atoms with E-state index >= 15 is 0 Å². The molecule has 0 aliphatic rings. The molecule has 5 aromatic heterocycles. The maximum Gasteiger partial charge on any atom is 0.318 e. The van der Waals surface area contributed by atoms with E-state index in [1.54, 1.807) is 63.9 Å². The third-order valence-electron chi connectivity index (χ3n) is 8.08. The van der Waals surface area contributed by atoms with Gasteiger partial charge in [-0.15, -0.1) is 0 Å². The zero-order chi connectivity index (χ0) is 35.8. The predicted molar refractivity (Wildman–Crippen MR) is 185 cm³/mol. The number of fused-ring (bicyclic) bond motifs is 2. The van der Waals surface area contributed by atoms with E-state index in [2.05, 4.69) is 15.0 Å². The normalized spacial score (nSPS) is 11.2. The molecular formula is C37H22Cl2F2N6O4. The van der Waals surface area contributed by atoms with Gasteiger partial charge in [0, 0.05) is 61.0 Å². The monoisotopic (exact) mass is 722 g/mol. The molecule has 0 saturated carbocycles. The van der Waals surface area contributed by atoms with Crippen molar-refractivity contribution in [2.75, 3.05) is 0 Å². The minimum absolute atomic E-state index is 0.0288. The Bertz CT molecular complexity index is 2590. The number of carbonyl (C=O) groups is 4. The molecule has 7 rings (SSSR count).